The fourth-order valence-corrected chi connectivity index (χ4v) is 10.9. The van der Waals surface area contributed by atoms with Gasteiger partial charge in [-0.3, -0.25) is 19.2 Å². The smallest absolute Gasteiger partial charge is 0.333 e. The van der Waals surface area contributed by atoms with E-state index in [1.807, 2.05) is 77.0 Å². The lowest BCUT2D eigenvalue weighted by molar-refractivity contribution is -0.225. The second kappa shape index (κ2) is 13.7. The number of aliphatic hydroxyl groups is 1. The Morgan fingerprint density at radius 1 is 1.04 bits per heavy atom. The summed E-state index contributed by atoms with van der Waals surface area (Å²) in [6, 6.07) is 7.48. The van der Waals surface area contributed by atoms with E-state index in [0.717, 1.165) is 16.8 Å². The van der Waals surface area contributed by atoms with Crippen LogP contribution in [-0.4, -0.2) is 84.4 Å². The van der Waals surface area contributed by atoms with Crippen LogP contribution in [0.2, 0.25) is 0 Å². The quantitative estimate of drug-likeness (QED) is 0.136. The molecule has 2 heterocycles. The summed E-state index contributed by atoms with van der Waals surface area (Å²) in [5.41, 5.74) is -0.581. The summed E-state index contributed by atoms with van der Waals surface area (Å²) in [5, 5.41) is 16.1. The number of benzene rings is 1. The van der Waals surface area contributed by atoms with E-state index >= 15 is 0 Å². The van der Waals surface area contributed by atoms with Crippen molar-refractivity contribution in [3.63, 3.8) is 0 Å². The third kappa shape index (κ3) is 5.97. The van der Waals surface area contributed by atoms with Crippen LogP contribution in [0.1, 0.15) is 86.5 Å². The topological polar surface area (TPSA) is 161 Å². The first-order valence-electron chi connectivity index (χ1n) is 19.5. The van der Waals surface area contributed by atoms with E-state index in [4.69, 9.17) is 18.9 Å². The maximum absolute atomic E-state index is 14.1. The monoisotopic (exact) mass is 758 g/mol. The maximum atomic E-state index is 14.1. The molecule has 4 aliphatic carbocycles. The first-order chi connectivity index (χ1) is 25.9. The zero-order valence-electron chi connectivity index (χ0n) is 33.1. The molecule has 2 aliphatic heterocycles. The molecule has 1 spiro atoms. The van der Waals surface area contributed by atoms with Crippen LogP contribution in [0.5, 0.6) is 0 Å². The molecule has 0 bridgehead atoms. The third-order valence-electron chi connectivity index (χ3n) is 14.2. The molecule has 0 aromatic heterocycles. The van der Waals surface area contributed by atoms with Gasteiger partial charge in [0.1, 0.15) is 23.4 Å². The van der Waals surface area contributed by atoms with Gasteiger partial charge in [0.05, 0.1) is 11.5 Å². The molecule has 11 atom stereocenters. The van der Waals surface area contributed by atoms with Crippen LogP contribution >= 0.6 is 0 Å². The standard InChI is InChI=1S/C43H54N2O10/c1-23-20-32(53-39(50)24(23)2)25(3)30-21-35(52-26(4)46)42(51)31-22-36-43(55-36)34(17-16-33(47)41(43,6)29(31)18-19-40(30,42)5)54-38(49)11-9-10-37(48)44-27-12-14-28(15-13-27)45(7)8/h12-17,21,25,29,31-32,34-36,51H,9-11,18-20,22H2,1-8H3,(H,44,48)/t25-,29-,31+,32+,34-,35-,36+,40+,41-,42+,43+/m0/s1. The second-order valence-electron chi connectivity index (χ2n) is 17.2. The number of rotatable bonds is 10. The summed E-state index contributed by atoms with van der Waals surface area (Å²) in [7, 11) is 3.88. The summed E-state index contributed by atoms with van der Waals surface area (Å²) >= 11 is 0. The molecule has 1 amide bonds. The number of epoxide rings is 1. The molecule has 55 heavy (non-hydrogen) atoms. The first-order valence-corrected chi connectivity index (χ1v) is 19.5. The second-order valence-corrected chi connectivity index (χ2v) is 17.2. The number of carbonyl (C=O) groups excluding carboxylic acids is 5. The van der Waals surface area contributed by atoms with Crippen molar-refractivity contribution in [1.29, 1.82) is 0 Å². The number of hydrogen-bond acceptors (Lipinski definition) is 11. The molecule has 12 nitrogen and oxygen atoms in total. The summed E-state index contributed by atoms with van der Waals surface area (Å²) in [5.74, 6) is -2.93. The number of carbonyl (C=O) groups is 5. The number of hydrogen-bond donors (Lipinski definition) is 2. The number of allylic oxidation sites excluding steroid dienone is 1. The zero-order valence-corrected chi connectivity index (χ0v) is 33.1. The maximum Gasteiger partial charge on any atom is 0.333 e. The SMILES string of the molecule is CC(=O)O[C@H]1C=C([C@H](C)[C@H]2CC(C)=C(C)C(=O)O2)[C@@]2(C)CC[C@H]3[C@@H](C[C@H]4O[C@]45[C@@H](OC(=O)CCCC(=O)Nc4ccc(N(C)C)cc4)C=CC(=O)[C@]35C)[C@@]12O. The molecule has 12 heteroatoms. The molecule has 6 aliphatic rings. The van der Waals surface area contributed by atoms with Crippen LogP contribution in [0.3, 0.4) is 0 Å². The highest BCUT2D eigenvalue weighted by Gasteiger charge is 2.83. The Bertz CT molecular complexity index is 1900. The highest BCUT2D eigenvalue weighted by Crippen LogP contribution is 2.74. The summed E-state index contributed by atoms with van der Waals surface area (Å²) in [6.45, 7) is 10.9. The minimum Gasteiger partial charge on any atom is -0.458 e. The van der Waals surface area contributed by atoms with E-state index in [1.165, 1.54) is 13.0 Å². The fourth-order valence-electron chi connectivity index (χ4n) is 10.9. The molecule has 296 valence electrons. The van der Waals surface area contributed by atoms with Crippen molar-refractivity contribution >= 4 is 41.0 Å². The van der Waals surface area contributed by atoms with Crippen molar-refractivity contribution in [3.8, 4) is 0 Å². The lowest BCUT2D eigenvalue weighted by Gasteiger charge is -2.61. The molecular formula is C43H54N2O10. The van der Waals surface area contributed by atoms with Crippen LogP contribution in [-0.2, 0) is 42.9 Å². The van der Waals surface area contributed by atoms with Crippen molar-refractivity contribution in [2.75, 3.05) is 24.3 Å². The predicted molar refractivity (Wildman–Crippen MR) is 203 cm³/mol. The van der Waals surface area contributed by atoms with Crippen molar-refractivity contribution < 1.29 is 48.0 Å². The third-order valence-corrected chi connectivity index (χ3v) is 14.2. The van der Waals surface area contributed by atoms with Gasteiger partial charge in [0.15, 0.2) is 11.9 Å². The highest BCUT2D eigenvalue weighted by atomic mass is 16.7. The van der Waals surface area contributed by atoms with Gasteiger partial charge in [-0.1, -0.05) is 25.0 Å². The van der Waals surface area contributed by atoms with Gasteiger partial charge >= 0.3 is 17.9 Å². The van der Waals surface area contributed by atoms with Crippen molar-refractivity contribution in [1.82, 2.24) is 0 Å². The van der Waals surface area contributed by atoms with Gasteiger partial charge in [0.2, 0.25) is 5.91 Å². The van der Waals surface area contributed by atoms with Gasteiger partial charge < -0.3 is 34.3 Å². The number of esters is 3. The van der Waals surface area contributed by atoms with Gasteiger partial charge in [-0.2, -0.15) is 0 Å². The lowest BCUT2D eigenvalue weighted by Crippen LogP contribution is -2.70. The Labute approximate surface area is 322 Å². The molecule has 0 radical (unpaired) electrons. The van der Waals surface area contributed by atoms with E-state index in [2.05, 4.69) is 5.32 Å². The Balaban J connectivity index is 1.07. The van der Waals surface area contributed by atoms with E-state index < -0.39 is 64.3 Å². The predicted octanol–water partition coefficient (Wildman–Crippen LogP) is 5.38. The molecule has 7 rings (SSSR count). The average molecular weight is 759 g/mol. The van der Waals surface area contributed by atoms with Crippen LogP contribution in [0.25, 0.3) is 0 Å². The van der Waals surface area contributed by atoms with Gasteiger partial charge in [-0.25, -0.2) is 4.79 Å². The van der Waals surface area contributed by atoms with Crippen molar-refractivity contribution in [2.45, 2.75) is 122 Å². The molecule has 1 saturated heterocycles. The summed E-state index contributed by atoms with van der Waals surface area (Å²) < 4.78 is 24.4. The fraction of sp³-hybridized carbons (Fsp3) is 0.605. The summed E-state index contributed by atoms with van der Waals surface area (Å²) in [6.07, 6.45) is 4.54. The van der Waals surface area contributed by atoms with Gasteiger partial charge in [-0.15, -0.1) is 0 Å². The average Bonchev–Trinajstić information content (AvgIpc) is 3.82. The first kappa shape index (κ1) is 39.0. The normalized spacial score (nSPS) is 37.7. The molecule has 2 saturated carbocycles. The number of amides is 1. The Morgan fingerprint density at radius 3 is 2.40 bits per heavy atom. The van der Waals surface area contributed by atoms with E-state index in [-0.39, 0.29) is 48.8 Å². The van der Waals surface area contributed by atoms with Crippen LogP contribution < -0.4 is 10.2 Å². The van der Waals surface area contributed by atoms with Gasteiger partial charge in [0.25, 0.3) is 0 Å². The van der Waals surface area contributed by atoms with E-state index in [0.29, 0.717) is 36.9 Å². The number of fused-ring (bicyclic) bond motifs is 4. The molecule has 1 aromatic rings. The van der Waals surface area contributed by atoms with Crippen LogP contribution in [0, 0.1) is 28.6 Å². The van der Waals surface area contributed by atoms with Gasteiger partial charge in [0, 0.05) is 68.6 Å². The van der Waals surface area contributed by atoms with E-state index in [1.54, 1.807) is 13.0 Å². The minimum absolute atomic E-state index is 0.00871. The molecule has 2 N–H and O–H groups in total. The number of ether oxygens (including phenoxy) is 4. The van der Waals surface area contributed by atoms with Crippen molar-refractivity contribution in [2.24, 2.45) is 28.6 Å². The van der Waals surface area contributed by atoms with Gasteiger partial charge in [-0.05, 0) is 101 Å². The number of anilines is 2. The van der Waals surface area contributed by atoms with Crippen LogP contribution in [0.4, 0.5) is 11.4 Å². The Hall–Kier alpha value is -4.29. The Kier molecular flexibility index (Phi) is 9.72. The summed E-state index contributed by atoms with van der Waals surface area (Å²) in [4.78, 5) is 67.3. The Morgan fingerprint density at radius 2 is 1.75 bits per heavy atom. The number of ketones is 1. The minimum atomic E-state index is -1.59. The molecule has 3 fully saturated rings. The largest absolute Gasteiger partial charge is 0.458 e. The number of cyclic esters (lactones) is 1. The highest BCUT2D eigenvalue weighted by molar-refractivity contribution is 5.98. The number of nitrogens with one attached hydrogen (secondary N) is 1. The van der Waals surface area contributed by atoms with E-state index in [9.17, 15) is 29.1 Å². The van der Waals surface area contributed by atoms with Crippen LogP contribution in [0.15, 0.2) is 59.2 Å². The molecule has 0 unspecified atom stereocenters. The molecule has 1 aromatic carbocycles. The lowest BCUT2D eigenvalue weighted by atomic mass is 9.42. The zero-order chi connectivity index (χ0) is 39.8. The number of nitrogens with zero attached hydrogens (tertiary/aromatic N) is 1. The van der Waals surface area contributed by atoms with Crippen molar-refractivity contribution in [3.05, 3.63) is 59.2 Å². The molecular weight excluding hydrogens is 704 g/mol.